The molecule has 6 nitrogen and oxygen atoms in total. The van der Waals surface area contributed by atoms with Crippen molar-refractivity contribution in [1.29, 1.82) is 0 Å². The molecule has 2 aromatic rings. The second-order valence-corrected chi connectivity index (χ2v) is 5.86. The molecule has 1 unspecified atom stereocenters. The van der Waals surface area contributed by atoms with Crippen LogP contribution in [-0.2, 0) is 0 Å². The number of carbonyl (C=O) groups excluding carboxylic acids is 1. The smallest absolute Gasteiger partial charge is 0.267 e. The third-order valence-electron chi connectivity index (χ3n) is 4.35. The number of aromatic amines is 1. The molecule has 0 bridgehead atoms. The molecule has 0 saturated carbocycles. The number of likely N-dealkylation sites (tertiary alicyclic amines) is 1. The maximum atomic E-state index is 12.0. The fourth-order valence-electron chi connectivity index (χ4n) is 3.10. The van der Waals surface area contributed by atoms with E-state index >= 15 is 0 Å². The van der Waals surface area contributed by atoms with Crippen molar-refractivity contribution < 1.29 is 14.3 Å². The lowest BCUT2D eigenvalue weighted by molar-refractivity contribution is 0.0948. The van der Waals surface area contributed by atoms with Crippen molar-refractivity contribution >= 4 is 17.0 Å². The van der Waals surface area contributed by atoms with Gasteiger partial charge in [0.05, 0.1) is 18.4 Å². The molecule has 3 heterocycles. The van der Waals surface area contributed by atoms with Gasteiger partial charge in [0.2, 0.25) is 0 Å². The quantitative estimate of drug-likeness (QED) is 0.680. The first-order valence-corrected chi connectivity index (χ1v) is 7.97. The van der Waals surface area contributed by atoms with E-state index in [1.54, 1.807) is 18.4 Å². The Morgan fingerprint density at radius 2 is 2.41 bits per heavy atom. The summed E-state index contributed by atoms with van der Waals surface area (Å²) in [5, 5.41) is 12.2. The molecular weight excluding hydrogens is 282 g/mol. The lowest BCUT2D eigenvalue weighted by Gasteiger charge is -2.22. The number of aliphatic hydroxyl groups is 1. The van der Waals surface area contributed by atoms with Crippen LogP contribution in [0.2, 0.25) is 0 Å². The highest BCUT2D eigenvalue weighted by Gasteiger charge is 2.22. The van der Waals surface area contributed by atoms with Crippen molar-refractivity contribution in [3.63, 3.8) is 0 Å². The molecule has 3 N–H and O–H groups in total. The van der Waals surface area contributed by atoms with Crippen LogP contribution in [0, 0.1) is 0 Å². The van der Waals surface area contributed by atoms with Crippen LogP contribution in [0.5, 0.6) is 0 Å². The molecule has 6 heteroatoms. The Bertz CT molecular complexity index is 590. The van der Waals surface area contributed by atoms with Crippen molar-refractivity contribution in [3.8, 4) is 0 Å². The molecule has 3 rings (SSSR count). The van der Waals surface area contributed by atoms with Crippen LogP contribution in [0.4, 0.5) is 0 Å². The first kappa shape index (κ1) is 15.1. The number of hydrogen-bond donors (Lipinski definition) is 3. The Hall–Kier alpha value is -1.79. The lowest BCUT2D eigenvalue weighted by atomic mass is 10.2. The lowest BCUT2D eigenvalue weighted by Crippen LogP contribution is -2.33. The third-order valence-corrected chi connectivity index (χ3v) is 4.35. The molecule has 1 aliphatic rings. The summed E-state index contributed by atoms with van der Waals surface area (Å²) in [5.41, 5.74) is 2.08. The minimum atomic E-state index is -0.0965. The van der Waals surface area contributed by atoms with Crippen molar-refractivity contribution in [3.05, 3.63) is 24.1 Å². The standard InChI is InChI=1S/C16H23N3O3/c20-11-12-4-3-8-19(12)7-2-1-6-17-16(21)14-10-15-13(18-14)5-9-22-15/h5,9-10,12,18,20H,1-4,6-8,11H2,(H,17,21). The largest absolute Gasteiger partial charge is 0.463 e. The maximum Gasteiger partial charge on any atom is 0.267 e. The summed E-state index contributed by atoms with van der Waals surface area (Å²) in [6, 6.07) is 3.87. The van der Waals surface area contributed by atoms with Crippen molar-refractivity contribution in [2.24, 2.45) is 0 Å². The minimum Gasteiger partial charge on any atom is -0.463 e. The van der Waals surface area contributed by atoms with Gasteiger partial charge in [0, 0.05) is 24.7 Å². The van der Waals surface area contributed by atoms with Crippen LogP contribution in [0.15, 0.2) is 22.8 Å². The molecule has 1 fully saturated rings. The predicted molar refractivity (Wildman–Crippen MR) is 83.8 cm³/mol. The topological polar surface area (TPSA) is 81.5 Å². The number of unbranched alkanes of at least 4 members (excludes halogenated alkanes) is 1. The van der Waals surface area contributed by atoms with E-state index in [1.165, 1.54) is 6.42 Å². The van der Waals surface area contributed by atoms with E-state index in [9.17, 15) is 9.90 Å². The second kappa shape index (κ2) is 6.98. The molecule has 2 aromatic heterocycles. The van der Waals surface area contributed by atoms with Crippen LogP contribution < -0.4 is 5.32 Å². The highest BCUT2D eigenvalue weighted by Crippen LogP contribution is 2.17. The van der Waals surface area contributed by atoms with E-state index in [4.69, 9.17) is 4.42 Å². The first-order valence-electron chi connectivity index (χ1n) is 7.97. The van der Waals surface area contributed by atoms with Gasteiger partial charge in [-0.3, -0.25) is 9.69 Å². The Labute approximate surface area is 129 Å². The number of aromatic nitrogens is 1. The Balaban J connectivity index is 1.36. The Kier molecular flexibility index (Phi) is 4.80. The number of amides is 1. The van der Waals surface area contributed by atoms with Gasteiger partial charge in [-0.15, -0.1) is 0 Å². The fraction of sp³-hybridized carbons (Fsp3) is 0.562. The van der Waals surface area contributed by atoms with Gasteiger partial charge in [-0.25, -0.2) is 0 Å². The summed E-state index contributed by atoms with van der Waals surface area (Å²) in [4.78, 5) is 17.4. The van der Waals surface area contributed by atoms with Gasteiger partial charge in [-0.2, -0.15) is 0 Å². The molecule has 0 aromatic carbocycles. The highest BCUT2D eigenvalue weighted by molar-refractivity contribution is 5.96. The molecule has 0 spiro atoms. The summed E-state index contributed by atoms with van der Waals surface area (Å²) in [6.07, 6.45) is 5.85. The molecular formula is C16H23N3O3. The van der Waals surface area contributed by atoms with Crippen LogP contribution in [-0.4, -0.2) is 53.2 Å². The summed E-state index contributed by atoms with van der Waals surface area (Å²) < 4.78 is 5.23. The number of nitrogens with zero attached hydrogens (tertiary/aromatic N) is 1. The fourth-order valence-corrected chi connectivity index (χ4v) is 3.10. The molecule has 1 atom stereocenters. The highest BCUT2D eigenvalue weighted by atomic mass is 16.3. The van der Waals surface area contributed by atoms with Gasteiger partial charge < -0.3 is 19.8 Å². The Morgan fingerprint density at radius 3 is 3.23 bits per heavy atom. The summed E-state index contributed by atoms with van der Waals surface area (Å²) in [7, 11) is 0. The zero-order chi connectivity index (χ0) is 15.4. The SMILES string of the molecule is O=C(NCCCCN1CCCC1CO)c1cc2occc2[nH]1. The Morgan fingerprint density at radius 1 is 1.50 bits per heavy atom. The summed E-state index contributed by atoms with van der Waals surface area (Å²) in [6.45, 7) is 3.00. The van der Waals surface area contributed by atoms with Gasteiger partial charge in [-0.05, 0) is 38.8 Å². The number of H-pyrrole nitrogens is 1. The van der Waals surface area contributed by atoms with E-state index in [2.05, 4.69) is 15.2 Å². The number of aliphatic hydroxyl groups excluding tert-OH is 1. The number of furan rings is 1. The molecule has 0 aliphatic carbocycles. The predicted octanol–water partition coefficient (Wildman–Crippen LogP) is 1.73. The normalized spacial score (nSPS) is 19.0. The van der Waals surface area contributed by atoms with Crippen LogP contribution in [0.1, 0.15) is 36.2 Å². The number of carbonyl (C=O) groups is 1. The number of rotatable bonds is 7. The van der Waals surface area contributed by atoms with E-state index in [-0.39, 0.29) is 12.5 Å². The van der Waals surface area contributed by atoms with Crippen LogP contribution >= 0.6 is 0 Å². The maximum absolute atomic E-state index is 12.0. The molecule has 1 amide bonds. The van der Waals surface area contributed by atoms with E-state index in [1.807, 2.05) is 0 Å². The van der Waals surface area contributed by atoms with E-state index < -0.39 is 0 Å². The van der Waals surface area contributed by atoms with Gasteiger partial charge in [-0.1, -0.05) is 0 Å². The average molecular weight is 305 g/mol. The van der Waals surface area contributed by atoms with Crippen LogP contribution in [0.3, 0.4) is 0 Å². The molecule has 0 radical (unpaired) electrons. The van der Waals surface area contributed by atoms with Crippen molar-refractivity contribution in [1.82, 2.24) is 15.2 Å². The molecule has 1 saturated heterocycles. The molecule has 22 heavy (non-hydrogen) atoms. The molecule has 120 valence electrons. The van der Waals surface area contributed by atoms with Gasteiger partial charge in [0.25, 0.3) is 5.91 Å². The minimum absolute atomic E-state index is 0.0965. The molecule has 1 aliphatic heterocycles. The van der Waals surface area contributed by atoms with Crippen LogP contribution in [0.25, 0.3) is 11.1 Å². The first-order chi connectivity index (χ1) is 10.8. The van der Waals surface area contributed by atoms with Gasteiger partial charge in [0.1, 0.15) is 5.69 Å². The third kappa shape index (κ3) is 3.34. The summed E-state index contributed by atoms with van der Waals surface area (Å²) >= 11 is 0. The van der Waals surface area contributed by atoms with Crippen molar-refractivity contribution in [2.75, 3.05) is 26.2 Å². The van der Waals surface area contributed by atoms with Gasteiger partial charge in [0.15, 0.2) is 5.58 Å². The number of fused-ring (bicyclic) bond motifs is 1. The van der Waals surface area contributed by atoms with E-state index in [0.29, 0.717) is 23.9 Å². The summed E-state index contributed by atoms with van der Waals surface area (Å²) in [5.74, 6) is -0.0965. The number of nitrogens with one attached hydrogen (secondary N) is 2. The van der Waals surface area contributed by atoms with E-state index in [0.717, 1.165) is 37.9 Å². The van der Waals surface area contributed by atoms with Gasteiger partial charge >= 0.3 is 0 Å². The second-order valence-electron chi connectivity index (χ2n) is 5.86. The van der Waals surface area contributed by atoms with Crippen molar-refractivity contribution in [2.45, 2.75) is 31.7 Å². The zero-order valence-corrected chi connectivity index (χ0v) is 12.7. The average Bonchev–Trinajstić information content (AvgIpc) is 3.21. The monoisotopic (exact) mass is 305 g/mol. The number of hydrogen-bond acceptors (Lipinski definition) is 4. The zero-order valence-electron chi connectivity index (χ0n) is 12.7.